The molecule has 0 aromatic heterocycles. The Bertz CT molecular complexity index is 379. The van der Waals surface area contributed by atoms with Gasteiger partial charge in [0.2, 0.25) is 5.91 Å². The molecule has 3 atom stereocenters. The summed E-state index contributed by atoms with van der Waals surface area (Å²) in [4.78, 5) is 25.7. The standard InChI is InChI=1S/C15H24N2O3/c18-14(19)8-10-6-12-3-4-13(7-10)17(12)15(20)11-2-1-5-16-9-11/h10-13,16H,1-9H2,(H,18,19). The van der Waals surface area contributed by atoms with Crippen LogP contribution in [0.2, 0.25) is 0 Å². The lowest BCUT2D eigenvalue weighted by Crippen LogP contribution is -2.51. The first-order chi connectivity index (χ1) is 9.65. The van der Waals surface area contributed by atoms with E-state index in [-0.39, 0.29) is 18.3 Å². The van der Waals surface area contributed by atoms with Crippen molar-refractivity contribution < 1.29 is 14.7 Å². The molecule has 1 amide bonds. The molecular weight excluding hydrogens is 256 g/mol. The van der Waals surface area contributed by atoms with Gasteiger partial charge in [-0.2, -0.15) is 0 Å². The van der Waals surface area contributed by atoms with Crippen molar-refractivity contribution in [2.75, 3.05) is 13.1 Å². The number of rotatable bonds is 3. The maximum Gasteiger partial charge on any atom is 0.303 e. The third kappa shape index (κ3) is 2.68. The van der Waals surface area contributed by atoms with Gasteiger partial charge < -0.3 is 15.3 Å². The summed E-state index contributed by atoms with van der Waals surface area (Å²) in [6, 6.07) is 0.597. The topological polar surface area (TPSA) is 69.6 Å². The molecule has 20 heavy (non-hydrogen) atoms. The Hall–Kier alpha value is -1.10. The van der Waals surface area contributed by atoms with Crippen molar-refractivity contribution in [1.82, 2.24) is 10.2 Å². The molecule has 3 rings (SSSR count). The summed E-state index contributed by atoms with van der Waals surface area (Å²) in [5, 5.41) is 12.3. The molecule has 3 unspecified atom stereocenters. The number of fused-ring (bicyclic) bond motifs is 2. The van der Waals surface area contributed by atoms with Crippen molar-refractivity contribution in [2.45, 2.75) is 57.0 Å². The van der Waals surface area contributed by atoms with Gasteiger partial charge >= 0.3 is 5.97 Å². The van der Waals surface area contributed by atoms with Crippen LogP contribution in [-0.4, -0.2) is 47.1 Å². The van der Waals surface area contributed by atoms with E-state index in [4.69, 9.17) is 5.11 Å². The Labute approximate surface area is 119 Å². The van der Waals surface area contributed by atoms with Crippen LogP contribution in [0.5, 0.6) is 0 Å². The van der Waals surface area contributed by atoms with Gasteiger partial charge in [0, 0.05) is 25.0 Å². The first-order valence-electron chi connectivity index (χ1n) is 7.90. The van der Waals surface area contributed by atoms with Crippen LogP contribution in [0.15, 0.2) is 0 Å². The fourth-order valence-corrected chi connectivity index (χ4v) is 4.34. The number of nitrogens with one attached hydrogen (secondary N) is 1. The second-order valence-electron chi connectivity index (χ2n) is 6.61. The van der Waals surface area contributed by atoms with Crippen molar-refractivity contribution in [3.63, 3.8) is 0 Å². The zero-order valence-corrected chi connectivity index (χ0v) is 11.9. The molecular formula is C15H24N2O3. The quantitative estimate of drug-likeness (QED) is 0.816. The van der Waals surface area contributed by atoms with Gasteiger partial charge in [-0.25, -0.2) is 0 Å². The van der Waals surface area contributed by atoms with E-state index in [2.05, 4.69) is 10.2 Å². The highest BCUT2D eigenvalue weighted by molar-refractivity contribution is 5.80. The number of nitrogens with zero attached hydrogens (tertiary/aromatic N) is 1. The van der Waals surface area contributed by atoms with E-state index in [1.807, 2.05) is 0 Å². The summed E-state index contributed by atoms with van der Waals surface area (Å²) in [6.07, 6.45) is 6.24. The van der Waals surface area contributed by atoms with Crippen molar-refractivity contribution >= 4 is 11.9 Å². The van der Waals surface area contributed by atoms with Gasteiger partial charge in [-0.3, -0.25) is 9.59 Å². The van der Waals surface area contributed by atoms with E-state index >= 15 is 0 Å². The van der Waals surface area contributed by atoms with Crippen LogP contribution in [0.4, 0.5) is 0 Å². The van der Waals surface area contributed by atoms with Crippen LogP contribution in [0.1, 0.15) is 44.9 Å². The number of hydrogen-bond donors (Lipinski definition) is 2. The second kappa shape index (κ2) is 5.72. The van der Waals surface area contributed by atoms with Gasteiger partial charge in [0.25, 0.3) is 0 Å². The molecule has 0 spiro atoms. The molecule has 2 N–H and O–H groups in total. The summed E-state index contributed by atoms with van der Waals surface area (Å²) < 4.78 is 0. The van der Waals surface area contributed by atoms with E-state index in [0.717, 1.165) is 51.6 Å². The smallest absolute Gasteiger partial charge is 0.303 e. The number of aliphatic carboxylic acids is 1. The van der Waals surface area contributed by atoms with Crippen LogP contribution in [0.25, 0.3) is 0 Å². The predicted octanol–water partition coefficient (Wildman–Crippen LogP) is 1.23. The van der Waals surface area contributed by atoms with Crippen molar-refractivity contribution in [3.05, 3.63) is 0 Å². The molecule has 3 aliphatic rings. The van der Waals surface area contributed by atoms with Crippen LogP contribution < -0.4 is 5.32 Å². The van der Waals surface area contributed by atoms with E-state index in [0.29, 0.717) is 18.0 Å². The van der Waals surface area contributed by atoms with Gasteiger partial charge in [-0.1, -0.05) is 0 Å². The number of carboxylic acids is 1. The van der Waals surface area contributed by atoms with Crippen LogP contribution in [-0.2, 0) is 9.59 Å². The summed E-state index contributed by atoms with van der Waals surface area (Å²) in [6.45, 7) is 1.84. The third-order valence-electron chi connectivity index (χ3n) is 5.19. The minimum Gasteiger partial charge on any atom is -0.481 e. The summed E-state index contributed by atoms with van der Waals surface area (Å²) >= 11 is 0. The highest BCUT2D eigenvalue weighted by Crippen LogP contribution is 2.41. The Kier molecular flexibility index (Phi) is 3.96. The third-order valence-corrected chi connectivity index (χ3v) is 5.19. The van der Waals surface area contributed by atoms with Crippen LogP contribution in [0.3, 0.4) is 0 Å². The number of piperidine rings is 2. The minimum atomic E-state index is -0.703. The van der Waals surface area contributed by atoms with Gasteiger partial charge in [-0.05, 0) is 51.0 Å². The molecule has 0 aromatic carbocycles. The Morgan fingerprint density at radius 3 is 2.40 bits per heavy atom. The number of amides is 1. The van der Waals surface area contributed by atoms with Gasteiger partial charge in [0.05, 0.1) is 5.92 Å². The molecule has 3 heterocycles. The molecule has 0 radical (unpaired) electrons. The minimum absolute atomic E-state index is 0.142. The average molecular weight is 280 g/mol. The first kappa shape index (κ1) is 13.9. The maximum absolute atomic E-state index is 12.7. The first-order valence-corrected chi connectivity index (χ1v) is 7.90. The van der Waals surface area contributed by atoms with Crippen molar-refractivity contribution in [2.24, 2.45) is 11.8 Å². The monoisotopic (exact) mass is 280 g/mol. The fraction of sp³-hybridized carbons (Fsp3) is 0.867. The van der Waals surface area contributed by atoms with Gasteiger partial charge in [0.15, 0.2) is 0 Å². The van der Waals surface area contributed by atoms with E-state index in [9.17, 15) is 9.59 Å². The molecule has 0 aromatic rings. The molecule has 0 saturated carbocycles. The number of carbonyl (C=O) groups is 2. The number of carboxylic acid groups (broad SMARTS) is 1. The summed E-state index contributed by atoms with van der Waals surface area (Å²) in [5.74, 6) is 0.0190. The SMILES string of the molecule is O=C(O)CC1CC2CCC(C1)N2C(=O)C1CCCNC1. The Balaban J connectivity index is 1.64. The molecule has 3 saturated heterocycles. The second-order valence-corrected chi connectivity index (χ2v) is 6.61. The lowest BCUT2D eigenvalue weighted by atomic mass is 9.86. The van der Waals surface area contributed by atoms with Gasteiger partial charge in [-0.15, -0.1) is 0 Å². The molecule has 3 fully saturated rings. The Morgan fingerprint density at radius 1 is 1.15 bits per heavy atom. The highest BCUT2D eigenvalue weighted by Gasteiger charge is 2.45. The number of carbonyl (C=O) groups excluding carboxylic acids is 1. The molecule has 5 heteroatoms. The fourth-order valence-electron chi connectivity index (χ4n) is 4.34. The van der Waals surface area contributed by atoms with Crippen LogP contribution in [0, 0.1) is 11.8 Å². The van der Waals surface area contributed by atoms with E-state index in [1.54, 1.807) is 0 Å². The Morgan fingerprint density at radius 2 is 1.85 bits per heavy atom. The average Bonchev–Trinajstić information content (AvgIpc) is 2.70. The van der Waals surface area contributed by atoms with Crippen molar-refractivity contribution in [3.8, 4) is 0 Å². The molecule has 112 valence electrons. The zero-order valence-electron chi connectivity index (χ0n) is 11.9. The molecule has 0 aliphatic carbocycles. The zero-order chi connectivity index (χ0) is 14.1. The predicted molar refractivity (Wildman–Crippen MR) is 74.2 cm³/mol. The van der Waals surface area contributed by atoms with Gasteiger partial charge in [0.1, 0.15) is 0 Å². The molecule has 2 bridgehead atoms. The number of hydrogen-bond acceptors (Lipinski definition) is 3. The normalized spacial score (nSPS) is 36.9. The van der Waals surface area contributed by atoms with Crippen molar-refractivity contribution in [1.29, 1.82) is 0 Å². The largest absolute Gasteiger partial charge is 0.481 e. The lowest BCUT2D eigenvalue weighted by Gasteiger charge is -2.41. The van der Waals surface area contributed by atoms with E-state index in [1.165, 1.54) is 0 Å². The van der Waals surface area contributed by atoms with E-state index < -0.39 is 5.97 Å². The van der Waals surface area contributed by atoms with Crippen LogP contribution >= 0.6 is 0 Å². The lowest BCUT2D eigenvalue weighted by molar-refractivity contribution is -0.142. The molecule has 3 aliphatic heterocycles. The summed E-state index contributed by atoms with van der Waals surface area (Å²) in [7, 11) is 0. The maximum atomic E-state index is 12.7. The summed E-state index contributed by atoms with van der Waals surface area (Å²) in [5.41, 5.74) is 0. The molecule has 5 nitrogen and oxygen atoms in total. The highest BCUT2D eigenvalue weighted by atomic mass is 16.4.